The van der Waals surface area contributed by atoms with E-state index in [1.54, 1.807) is 11.8 Å². The Hall–Kier alpha value is -2.66. The third-order valence-electron chi connectivity index (χ3n) is 3.65. The lowest BCUT2D eigenvalue weighted by Crippen LogP contribution is -2.24. The van der Waals surface area contributed by atoms with Crippen LogP contribution in [0.25, 0.3) is 11.3 Å². The molecule has 126 valence electrons. The van der Waals surface area contributed by atoms with Gasteiger partial charge in [0, 0.05) is 10.5 Å². The molecule has 0 spiro atoms. The second kappa shape index (κ2) is 8.44. The Bertz CT molecular complexity index is 852. The normalized spacial score (nSPS) is 10.4. The van der Waals surface area contributed by atoms with Crippen molar-refractivity contribution in [3.8, 4) is 11.3 Å². The van der Waals surface area contributed by atoms with Gasteiger partial charge in [0.05, 0.1) is 23.5 Å². The molecule has 1 heterocycles. The van der Waals surface area contributed by atoms with Crippen molar-refractivity contribution in [3.63, 3.8) is 0 Å². The first kappa shape index (κ1) is 17.2. The molecule has 1 amide bonds. The van der Waals surface area contributed by atoms with E-state index in [4.69, 9.17) is 0 Å². The molecule has 4 nitrogen and oxygen atoms in total. The number of thioether (sulfide) groups is 1. The summed E-state index contributed by atoms with van der Waals surface area (Å²) in [7, 11) is 0. The van der Waals surface area contributed by atoms with Gasteiger partial charge in [-0.2, -0.15) is 0 Å². The number of amides is 1. The molecule has 0 unspecified atom stereocenters. The highest BCUT2D eigenvalue weighted by atomic mass is 32.2. The summed E-state index contributed by atoms with van der Waals surface area (Å²) in [6, 6.07) is 19.5. The summed E-state index contributed by atoms with van der Waals surface area (Å²) in [6.45, 7) is 2.44. The van der Waals surface area contributed by atoms with E-state index in [0.29, 0.717) is 12.1 Å². The molecule has 0 aliphatic rings. The molecule has 25 heavy (non-hydrogen) atoms. The quantitative estimate of drug-likeness (QED) is 0.678. The van der Waals surface area contributed by atoms with Crippen LogP contribution < -0.4 is 5.32 Å². The van der Waals surface area contributed by atoms with Crippen LogP contribution in [0.15, 0.2) is 71.9 Å². The van der Waals surface area contributed by atoms with Gasteiger partial charge < -0.3 is 5.32 Å². The van der Waals surface area contributed by atoms with Crippen molar-refractivity contribution in [1.82, 2.24) is 15.3 Å². The van der Waals surface area contributed by atoms with Crippen LogP contribution in [0.2, 0.25) is 0 Å². The SMILES string of the molecule is CCSc1ccccc1C(=O)NCc1cc(-c2ccccc2)ncn1. The molecule has 0 saturated heterocycles. The van der Waals surface area contributed by atoms with Gasteiger partial charge in [-0.05, 0) is 24.0 Å². The van der Waals surface area contributed by atoms with Gasteiger partial charge in [0.2, 0.25) is 0 Å². The van der Waals surface area contributed by atoms with Gasteiger partial charge in [0.25, 0.3) is 5.91 Å². The van der Waals surface area contributed by atoms with E-state index in [0.717, 1.165) is 27.6 Å². The van der Waals surface area contributed by atoms with E-state index in [1.165, 1.54) is 6.33 Å². The largest absolute Gasteiger partial charge is 0.346 e. The number of nitrogens with zero attached hydrogens (tertiary/aromatic N) is 2. The van der Waals surface area contributed by atoms with Gasteiger partial charge in [-0.25, -0.2) is 9.97 Å². The Morgan fingerprint density at radius 3 is 2.60 bits per heavy atom. The van der Waals surface area contributed by atoms with Gasteiger partial charge >= 0.3 is 0 Å². The van der Waals surface area contributed by atoms with Crippen molar-refractivity contribution in [3.05, 3.63) is 78.2 Å². The van der Waals surface area contributed by atoms with E-state index in [1.807, 2.05) is 60.7 Å². The summed E-state index contributed by atoms with van der Waals surface area (Å²) in [6.07, 6.45) is 1.53. The molecule has 0 aliphatic carbocycles. The van der Waals surface area contributed by atoms with Crippen LogP contribution in [0.4, 0.5) is 0 Å². The Balaban J connectivity index is 1.71. The molecule has 0 fully saturated rings. The van der Waals surface area contributed by atoms with Crippen molar-refractivity contribution in [2.75, 3.05) is 5.75 Å². The van der Waals surface area contributed by atoms with Crippen molar-refractivity contribution < 1.29 is 4.79 Å². The van der Waals surface area contributed by atoms with Gasteiger partial charge in [-0.15, -0.1) is 11.8 Å². The lowest BCUT2D eigenvalue weighted by molar-refractivity contribution is 0.0947. The molecule has 0 saturated carbocycles. The second-order valence-electron chi connectivity index (χ2n) is 5.37. The molecule has 1 N–H and O–H groups in total. The van der Waals surface area contributed by atoms with Crippen molar-refractivity contribution in [2.45, 2.75) is 18.4 Å². The number of benzene rings is 2. The van der Waals surface area contributed by atoms with E-state index in [-0.39, 0.29) is 5.91 Å². The molecule has 0 bridgehead atoms. The molecule has 1 aromatic heterocycles. The summed E-state index contributed by atoms with van der Waals surface area (Å²) in [5, 5.41) is 2.95. The first-order valence-electron chi connectivity index (χ1n) is 8.14. The molecule has 0 atom stereocenters. The lowest BCUT2D eigenvalue weighted by atomic mass is 10.1. The van der Waals surface area contributed by atoms with Gasteiger partial charge in [-0.1, -0.05) is 49.4 Å². The third kappa shape index (κ3) is 4.45. The first-order valence-corrected chi connectivity index (χ1v) is 9.13. The van der Waals surface area contributed by atoms with Crippen molar-refractivity contribution in [1.29, 1.82) is 0 Å². The summed E-state index contributed by atoms with van der Waals surface area (Å²) in [5.74, 6) is 0.841. The fourth-order valence-corrected chi connectivity index (χ4v) is 3.26. The molecule has 2 aromatic carbocycles. The number of rotatable bonds is 6. The van der Waals surface area contributed by atoms with Crippen LogP contribution in [-0.4, -0.2) is 21.6 Å². The third-order valence-corrected chi connectivity index (χ3v) is 4.61. The standard InChI is InChI=1S/C20H19N3OS/c1-2-25-19-11-7-6-10-17(19)20(24)21-13-16-12-18(23-14-22-16)15-8-4-3-5-9-15/h3-12,14H,2,13H2,1H3,(H,21,24). The minimum absolute atomic E-state index is 0.0866. The molecule has 3 rings (SSSR count). The first-order chi connectivity index (χ1) is 12.3. The summed E-state index contributed by atoms with van der Waals surface area (Å²) in [5.41, 5.74) is 3.36. The summed E-state index contributed by atoms with van der Waals surface area (Å²) >= 11 is 1.67. The van der Waals surface area contributed by atoms with Crippen LogP contribution in [0.3, 0.4) is 0 Å². The van der Waals surface area contributed by atoms with E-state index in [9.17, 15) is 4.79 Å². The van der Waals surface area contributed by atoms with Gasteiger partial charge in [0.15, 0.2) is 0 Å². The molecule has 5 heteroatoms. The number of hydrogen-bond donors (Lipinski definition) is 1. The van der Waals surface area contributed by atoms with Crippen LogP contribution in [0.1, 0.15) is 23.0 Å². The van der Waals surface area contributed by atoms with Gasteiger partial charge in [0.1, 0.15) is 6.33 Å². The van der Waals surface area contributed by atoms with Gasteiger partial charge in [-0.3, -0.25) is 4.79 Å². The highest BCUT2D eigenvalue weighted by Gasteiger charge is 2.11. The van der Waals surface area contributed by atoms with Crippen LogP contribution in [-0.2, 0) is 6.54 Å². The zero-order valence-electron chi connectivity index (χ0n) is 14.0. The van der Waals surface area contributed by atoms with E-state index in [2.05, 4.69) is 22.2 Å². The Morgan fingerprint density at radius 1 is 1.04 bits per heavy atom. The van der Waals surface area contributed by atoms with Crippen LogP contribution >= 0.6 is 11.8 Å². The average Bonchev–Trinajstić information content (AvgIpc) is 2.68. The summed E-state index contributed by atoms with van der Waals surface area (Å²) < 4.78 is 0. The zero-order chi connectivity index (χ0) is 17.5. The lowest BCUT2D eigenvalue weighted by Gasteiger charge is -2.09. The number of nitrogens with one attached hydrogen (secondary N) is 1. The fourth-order valence-electron chi connectivity index (χ4n) is 2.46. The monoisotopic (exact) mass is 349 g/mol. The maximum absolute atomic E-state index is 12.5. The molecule has 3 aromatic rings. The zero-order valence-corrected chi connectivity index (χ0v) is 14.8. The topological polar surface area (TPSA) is 54.9 Å². The highest BCUT2D eigenvalue weighted by Crippen LogP contribution is 2.22. The number of hydrogen-bond acceptors (Lipinski definition) is 4. The maximum Gasteiger partial charge on any atom is 0.252 e. The molecule has 0 radical (unpaired) electrons. The minimum atomic E-state index is -0.0866. The van der Waals surface area contributed by atoms with Crippen molar-refractivity contribution >= 4 is 17.7 Å². The number of carbonyl (C=O) groups is 1. The van der Waals surface area contributed by atoms with E-state index >= 15 is 0 Å². The Morgan fingerprint density at radius 2 is 1.80 bits per heavy atom. The minimum Gasteiger partial charge on any atom is -0.346 e. The average molecular weight is 349 g/mol. The maximum atomic E-state index is 12.5. The van der Waals surface area contributed by atoms with E-state index < -0.39 is 0 Å². The van der Waals surface area contributed by atoms with Crippen LogP contribution in [0.5, 0.6) is 0 Å². The highest BCUT2D eigenvalue weighted by molar-refractivity contribution is 7.99. The fraction of sp³-hybridized carbons (Fsp3) is 0.150. The predicted molar refractivity (Wildman–Crippen MR) is 101 cm³/mol. The van der Waals surface area contributed by atoms with Crippen LogP contribution in [0, 0.1) is 0 Å². The smallest absolute Gasteiger partial charge is 0.252 e. The van der Waals surface area contributed by atoms with Crippen molar-refractivity contribution in [2.24, 2.45) is 0 Å². The second-order valence-corrected chi connectivity index (χ2v) is 6.68. The predicted octanol–water partition coefficient (Wildman–Crippen LogP) is 4.19. The Labute approximate surface area is 151 Å². The molecular formula is C20H19N3OS. The molecule has 0 aliphatic heterocycles. The summed E-state index contributed by atoms with van der Waals surface area (Å²) in [4.78, 5) is 22.1. The number of carbonyl (C=O) groups excluding carboxylic acids is 1. The Kier molecular flexibility index (Phi) is 5.80. The molecular weight excluding hydrogens is 330 g/mol. The number of aromatic nitrogens is 2.